The van der Waals surface area contributed by atoms with E-state index in [1.54, 1.807) is 32.8 Å². The van der Waals surface area contributed by atoms with E-state index < -0.39 is 7.14 Å². The van der Waals surface area contributed by atoms with Crippen molar-refractivity contribution in [3.05, 3.63) is 47.5 Å². The van der Waals surface area contributed by atoms with Gasteiger partial charge in [-0.15, -0.1) is 0 Å². The summed E-state index contributed by atoms with van der Waals surface area (Å²) in [5, 5.41) is 7.36. The second-order valence-corrected chi connectivity index (χ2v) is 16.4. The molecule has 3 aliphatic rings. The number of nitrogens with one attached hydrogen (secondary N) is 2. The van der Waals surface area contributed by atoms with E-state index >= 15 is 0 Å². The highest BCUT2D eigenvalue weighted by Gasteiger charge is 2.37. The van der Waals surface area contributed by atoms with Gasteiger partial charge in [-0.25, -0.2) is 9.97 Å². The number of aromatic nitrogens is 4. The molecule has 2 fully saturated rings. The highest BCUT2D eigenvalue weighted by Crippen LogP contribution is 2.45. The Labute approximate surface area is 271 Å². The van der Waals surface area contributed by atoms with Crippen LogP contribution in [-0.4, -0.2) is 108 Å². The molecule has 2 atom stereocenters. The van der Waals surface area contributed by atoms with E-state index in [2.05, 4.69) is 64.3 Å². The molecule has 0 saturated carbocycles. The SMILES string of the molecule is COc1cc2c(cc1Nc1ncc(Br)c(Nc3ccn4ccnc4c3P(C)(C)=O)n1)OC[C@H]1C[C@@H](N3CCN(C)CC3)CCN21. The Bertz CT molecular complexity index is 1770. The van der Waals surface area contributed by atoms with Crippen LogP contribution in [0.5, 0.6) is 11.5 Å². The van der Waals surface area contributed by atoms with E-state index in [1.165, 1.54) is 0 Å². The lowest BCUT2D eigenvalue weighted by Gasteiger charge is -2.48. The number of methoxy groups -OCH3 is 1. The van der Waals surface area contributed by atoms with Gasteiger partial charge >= 0.3 is 0 Å². The molecule has 0 bridgehead atoms. The Hall–Kier alpha value is -3.38. The molecule has 1 aromatic carbocycles. The first kappa shape index (κ1) is 30.3. The number of rotatable bonds is 7. The minimum absolute atomic E-state index is 0.343. The quantitative estimate of drug-likeness (QED) is 0.265. The van der Waals surface area contributed by atoms with Gasteiger partial charge in [0, 0.05) is 75.7 Å². The van der Waals surface area contributed by atoms with Crippen molar-refractivity contribution in [1.82, 2.24) is 29.2 Å². The number of likely N-dealkylation sites (N-methyl/N-ethyl adjacent to an activating group) is 1. The average molecular weight is 697 g/mol. The molecular weight excluding hydrogens is 657 g/mol. The average Bonchev–Trinajstić information content (AvgIpc) is 3.50. The fraction of sp³-hybridized carbons (Fsp3) is 0.452. The summed E-state index contributed by atoms with van der Waals surface area (Å²) in [6.45, 7) is 9.70. The second-order valence-electron chi connectivity index (χ2n) is 12.4. The molecular formula is C31H39BrN9O3P. The molecule has 4 aromatic rings. The number of ether oxygens (including phenoxy) is 2. The highest BCUT2D eigenvalue weighted by atomic mass is 79.9. The molecule has 14 heteroatoms. The molecule has 3 aromatic heterocycles. The van der Waals surface area contributed by atoms with E-state index in [4.69, 9.17) is 14.5 Å². The van der Waals surface area contributed by atoms with Crippen LogP contribution in [-0.2, 0) is 4.57 Å². The first-order valence-electron chi connectivity index (χ1n) is 15.3. The summed E-state index contributed by atoms with van der Waals surface area (Å²) < 4.78 is 28.1. The van der Waals surface area contributed by atoms with Crippen molar-refractivity contribution >= 4 is 62.9 Å². The number of piperazine rings is 1. The van der Waals surface area contributed by atoms with Crippen molar-refractivity contribution in [3.63, 3.8) is 0 Å². The van der Waals surface area contributed by atoms with Crippen molar-refractivity contribution in [3.8, 4) is 11.5 Å². The summed E-state index contributed by atoms with van der Waals surface area (Å²) in [6.07, 6.45) is 9.36. The zero-order chi connectivity index (χ0) is 31.3. The van der Waals surface area contributed by atoms with Gasteiger partial charge in [0.1, 0.15) is 36.7 Å². The van der Waals surface area contributed by atoms with Gasteiger partial charge in [0.05, 0.1) is 40.0 Å². The lowest BCUT2D eigenvalue weighted by molar-refractivity contribution is 0.0822. The number of anilines is 5. The zero-order valence-electron chi connectivity index (χ0n) is 26.0. The molecule has 12 nitrogen and oxygen atoms in total. The molecule has 7 rings (SSSR count). The van der Waals surface area contributed by atoms with Crippen LogP contribution in [0.3, 0.4) is 0 Å². The van der Waals surface area contributed by atoms with Crippen LogP contribution in [0, 0.1) is 0 Å². The molecule has 0 aliphatic carbocycles. The Kier molecular flexibility index (Phi) is 8.14. The first-order valence-corrected chi connectivity index (χ1v) is 18.7. The zero-order valence-corrected chi connectivity index (χ0v) is 28.5. The van der Waals surface area contributed by atoms with E-state index in [9.17, 15) is 4.57 Å². The fourth-order valence-corrected chi connectivity index (χ4v) is 8.39. The van der Waals surface area contributed by atoms with Crippen molar-refractivity contribution in [2.45, 2.75) is 24.9 Å². The van der Waals surface area contributed by atoms with E-state index in [-0.39, 0.29) is 0 Å². The minimum atomic E-state index is -2.69. The third kappa shape index (κ3) is 5.98. The summed E-state index contributed by atoms with van der Waals surface area (Å²) in [7, 11) is 1.19. The normalized spacial score (nSPS) is 20.8. The van der Waals surface area contributed by atoms with E-state index in [1.807, 2.05) is 28.9 Å². The number of pyridine rings is 1. The van der Waals surface area contributed by atoms with E-state index in [0.29, 0.717) is 63.0 Å². The van der Waals surface area contributed by atoms with Gasteiger partial charge in [-0.05, 0) is 55.2 Å². The monoisotopic (exact) mass is 695 g/mol. The van der Waals surface area contributed by atoms with Crippen LogP contribution in [0.2, 0.25) is 0 Å². The topological polar surface area (TPSA) is 112 Å². The molecule has 45 heavy (non-hydrogen) atoms. The minimum Gasteiger partial charge on any atom is -0.494 e. The van der Waals surface area contributed by atoms with Gasteiger partial charge in [0.25, 0.3) is 0 Å². The smallest absolute Gasteiger partial charge is 0.229 e. The van der Waals surface area contributed by atoms with Crippen LogP contribution in [0.25, 0.3) is 5.65 Å². The number of halogens is 1. The largest absolute Gasteiger partial charge is 0.494 e. The Balaban J connectivity index is 1.12. The summed E-state index contributed by atoms with van der Waals surface area (Å²) in [4.78, 5) is 21.3. The lowest BCUT2D eigenvalue weighted by Crippen LogP contribution is -2.57. The van der Waals surface area contributed by atoms with E-state index in [0.717, 1.165) is 57.0 Å². The Morgan fingerprint density at radius 2 is 1.87 bits per heavy atom. The number of hydrogen-bond acceptors (Lipinski definition) is 11. The lowest BCUT2D eigenvalue weighted by atomic mass is 9.93. The molecule has 2 saturated heterocycles. The first-order chi connectivity index (χ1) is 21.7. The Morgan fingerprint density at radius 1 is 1.04 bits per heavy atom. The number of benzene rings is 1. The molecule has 6 heterocycles. The van der Waals surface area contributed by atoms with Crippen LogP contribution < -0.4 is 30.3 Å². The van der Waals surface area contributed by atoms with Crippen LogP contribution >= 0.6 is 23.1 Å². The van der Waals surface area contributed by atoms with Crippen LogP contribution in [0.1, 0.15) is 12.8 Å². The number of nitrogens with zero attached hydrogens (tertiary/aromatic N) is 7. The predicted octanol–water partition coefficient (Wildman–Crippen LogP) is 4.61. The summed E-state index contributed by atoms with van der Waals surface area (Å²) >= 11 is 3.57. The molecule has 238 valence electrons. The van der Waals surface area contributed by atoms with Crippen molar-refractivity contribution in [2.24, 2.45) is 0 Å². The molecule has 0 spiro atoms. The molecule has 0 amide bonds. The van der Waals surface area contributed by atoms with Gasteiger partial charge in [-0.3, -0.25) is 4.90 Å². The maximum Gasteiger partial charge on any atom is 0.229 e. The maximum absolute atomic E-state index is 13.3. The van der Waals surface area contributed by atoms with Crippen molar-refractivity contribution < 1.29 is 14.0 Å². The number of piperidine rings is 1. The van der Waals surface area contributed by atoms with Crippen LogP contribution in [0.15, 0.2) is 47.5 Å². The predicted molar refractivity (Wildman–Crippen MR) is 182 cm³/mol. The number of imidazole rings is 1. The third-order valence-corrected chi connectivity index (χ3v) is 11.2. The second kappa shape index (κ2) is 12.1. The van der Waals surface area contributed by atoms with Gasteiger partial charge in [0.15, 0.2) is 0 Å². The van der Waals surface area contributed by atoms with Gasteiger partial charge in [0.2, 0.25) is 5.95 Å². The summed E-state index contributed by atoms with van der Waals surface area (Å²) in [5.74, 6) is 2.41. The van der Waals surface area contributed by atoms with Gasteiger partial charge in [-0.1, -0.05) is 0 Å². The number of fused-ring (bicyclic) bond motifs is 4. The standard InChI is InChI=1S/C31H39BrN9O3P/c1-38-11-13-39(14-12-38)20-5-9-41-21(15-20)19-44-27-16-24(26(43-2)17-25(27)41)36-31-34-18-22(32)29(37-31)35-23-6-8-40-10-7-33-30(40)28(23)45(3,4)42/h6-8,10,16-18,20-21H,5,9,11-15,19H2,1-4H3,(H2,34,35,36,37)/t20-,21+/m0/s1. The van der Waals surface area contributed by atoms with Crippen LogP contribution in [0.4, 0.5) is 28.8 Å². The molecule has 2 N–H and O–H groups in total. The number of hydrogen-bond donors (Lipinski definition) is 2. The fourth-order valence-electron chi connectivity index (χ4n) is 6.73. The Morgan fingerprint density at radius 3 is 2.64 bits per heavy atom. The van der Waals surface area contributed by atoms with Crippen molar-refractivity contribution in [2.75, 3.05) is 82.4 Å². The maximum atomic E-state index is 13.3. The molecule has 3 aliphatic heterocycles. The highest BCUT2D eigenvalue weighted by molar-refractivity contribution is 9.10. The third-order valence-electron chi connectivity index (χ3n) is 9.08. The van der Waals surface area contributed by atoms with Gasteiger partial charge in [-0.2, -0.15) is 4.98 Å². The molecule has 0 unspecified atom stereocenters. The summed E-state index contributed by atoms with van der Waals surface area (Å²) in [6, 6.07) is 6.87. The van der Waals surface area contributed by atoms with Gasteiger partial charge < -0.3 is 38.9 Å². The van der Waals surface area contributed by atoms with Crippen molar-refractivity contribution in [1.29, 1.82) is 0 Å². The molecule has 0 radical (unpaired) electrons. The summed E-state index contributed by atoms with van der Waals surface area (Å²) in [5.41, 5.74) is 3.11.